The molecule has 0 amide bonds. The Balaban J connectivity index is 1.86. The molecule has 2 rings (SSSR count). The summed E-state index contributed by atoms with van der Waals surface area (Å²) in [6.07, 6.45) is 0. The first-order valence-corrected chi connectivity index (χ1v) is 7.78. The number of morpholine rings is 2. The Hall–Kier alpha value is -3.34. The van der Waals surface area contributed by atoms with Gasteiger partial charge >= 0.3 is 23.9 Å². The molecule has 0 radical (unpaired) electrons. The van der Waals surface area contributed by atoms with Gasteiger partial charge in [0.25, 0.3) is 0 Å². The second kappa shape index (κ2) is 9.97. The smallest absolute Gasteiger partial charge is 0.333 e. The van der Waals surface area contributed by atoms with Gasteiger partial charge in [0.15, 0.2) is 0 Å². The van der Waals surface area contributed by atoms with Crippen molar-refractivity contribution in [1.82, 2.24) is 9.80 Å². The van der Waals surface area contributed by atoms with Crippen LogP contribution in [-0.4, -0.2) is 79.8 Å². The maximum Gasteiger partial charge on any atom is 0.333 e. The van der Waals surface area contributed by atoms with E-state index in [1.54, 1.807) is 0 Å². The number of carbonyl (C=O) groups excluding carboxylic acids is 4. The van der Waals surface area contributed by atoms with Crippen LogP contribution in [0.2, 0.25) is 0 Å². The third-order valence-corrected chi connectivity index (χ3v) is 3.15. The molecule has 0 spiro atoms. The number of esters is 4. The Labute approximate surface area is 154 Å². The highest BCUT2D eigenvalue weighted by atomic mass is 16.6. The zero-order chi connectivity index (χ0) is 19.6. The summed E-state index contributed by atoms with van der Waals surface area (Å²) in [5.74, 6) is -2.62. The average Bonchev–Trinajstić information content (AvgIpc) is 2.58. The van der Waals surface area contributed by atoms with Gasteiger partial charge in [-0.3, -0.25) is 14.5 Å². The van der Waals surface area contributed by atoms with E-state index < -0.39 is 23.9 Å². The fourth-order valence-electron chi connectivity index (χ4n) is 2.13. The topological polar surface area (TPSA) is 112 Å². The summed E-state index contributed by atoms with van der Waals surface area (Å²) in [6, 6.07) is 0. The molecule has 0 saturated carbocycles. The predicted octanol–water partition coefficient (Wildman–Crippen LogP) is -1.16. The van der Waals surface area contributed by atoms with Crippen LogP contribution in [0.5, 0.6) is 0 Å². The van der Waals surface area contributed by atoms with Gasteiger partial charge in [-0.15, -0.1) is 0 Å². The number of carbonyl (C=O) groups is 4. The highest BCUT2D eigenvalue weighted by molar-refractivity contribution is 5.90. The molecule has 142 valence electrons. The molecule has 0 aromatic carbocycles. The molecule has 27 heavy (non-hydrogen) atoms. The van der Waals surface area contributed by atoms with E-state index in [1.807, 2.05) is 0 Å². The normalized spacial score (nSPS) is 17.1. The number of rotatable bonds is 7. The largest absolute Gasteiger partial charge is 0.470 e. The van der Waals surface area contributed by atoms with Crippen molar-refractivity contribution in [2.24, 2.45) is 0 Å². The number of cyclic esters (lactones) is 4. The van der Waals surface area contributed by atoms with Crippen LogP contribution in [0.25, 0.3) is 0 Å². The molecule has 2 aliphatic rings. The zero-order valence-corrected chi connectivity index (χ0v) is 14.3. The summed E-state index contributed by atoms with van der Waals surface area (Å²) < 4.78 is 19.7. The molecule has 2 saturated heterocycles. The summed E-state index contributed by atoms with van der Waals surface area (Å²) in [5, 5.41) is 0. The zero-order valence-electron chi connectivity index (χ0n) is 14.3. The standard InChI is InChI=1S/C17H16N2O8/c1-2-3-4-5-13(19-10-16(22)27-17(23)11-19)25-7-6-24-12-18-8-14(20)26-15(21)9-18/h1,6-12H2. The molecule has 0 N–H and O–H groups in total. The molecule has 2 aliphatic heterocycles. The summed E-state index contributed by atoms with van der Waals surface area (Å²) >= 11 is 0. The van der Waals surface area contributed by atoms with Crippen molar-refractivity contribution in [3.05, 3.63) is 35.4 Å². The van der Waals surface area contributed by atoms with Crippen LogP contribution in [0.4, 0.5) is 0 Å². The van der Waals surface area contributed by atoms with Gasteiger partial charge in [-0.1, -0.05) is 5.73 Å². The monoisotopic (exact) mass is 376 g/mol. The number of hydrogen-bond acceptors (Lipinski definition) is 10. The van der Waals surface area contributed by atoms with Crippen LogP contribution in [0.3, 0.4) is 0 Å². The average molecular weight is 376 g/mol. The lowest BCUT2D eigenvalue weighted by molar-refractivity contribution is -0.171. The lowest BCUT2D eigenvalue weighted by Crippen LogP contribution is -2.44. The van der Waals surface area contributed by atoms with Crippen LogP contribution < -0.4 is 0 Å². The Morgan fingerprint density at radius 3 is 2.11 bits per heavy atom. The van der Waals surface area contributed by atoms with Crippen LogP contribution in [-0.2, 0) is 38.1 Å². The van der Waals surface area contributed by atoms with Crippen molar-refractivity contribution >= 4 is 23.9 Å². The van der Waals surface area contributed by atoms with Gasteiger partial charge in [-0.2, -0.15) is 0 Å². The summed E-state index contributed by atoms with van der Waals surface area (Å²) in [5.41, 5.74) is 9.87. The van der Waals surface area contributed by atoms with Gasteiger partial charge in [0.1, 0.15) is 26.4 Å². The molecule has 0 atom stereocenters. The van der Waals surface area contributed by atoms with E-state index in [0.717, 1.165) is 0 Å². The van der Waals surface area contributed by atoms with Gasteiger partial charge in [0.2, 0.25) is 5.88 Å². The van der Waals surface area contributed by atoms with Crippen molar-refractivity contribution in [2.75, 3.05) is 46.1 Å². The van der Waals surface area contributed by atoms with Crippen LogP contribution in [0.1, 0.15) is 0 Å². The fourth-order valence-corrected chi connectivity index (χ4v) is 2.13. The van der Waals surface area contributed by atoms with E-state index in [9.17, 15) is 19.2 Å². The Bertz CT molecular complexity index is 762. The Morgan fingerprint density at radius 2 is 1.52 bits per heavy atom. The van der Waals surface area contributed by atoms with E-state index in [1.165, 1.54) is 9.80 Å². The maximum absolute atomic E-state index is 11.4. The van der Waals surface area contributed by atoms with E-state index >= 15 is 0 Å². The second-order valence-electron chi connectivity index (χ2n) is 5.28. The molecule has 2 heterocycles. The summed E-state index contributed by atoms with van der Waals surface area (Å²) in [6.45, 7) is 3.05. The van der Waals surface area contributed by atoms with E-state index in [-0.39, 0.29) is 52.0 Å². The molecule has 0 aliphatic carbocycles. The Morgan fingerprint density at radius 1 is 0.926 bits per heavy atom. The van der Waals surface area contributed by atoms with Gasteiger partial charge in [0, 0.05) is 5.73 Å². The lowest BCUT2D eigenvalue weighted by atomic mass is 10.4. The first-order chi connectivity index (χ1) is 13.0. The Kier molecular flexibility index (Phi) is 7.37. The second-order valence-corrected chi connectivity index (χ2v) is 5.28. The fraction of sp³-hybridized carbons (Fsp3) is 0.412. The highest BCUT2D eigenvalue weighted by Crippen LogP contribution is 2.09. The number of hydrogen-bond donors (Lipinski definition) is 0. The number of nitrogens with zero attached hydrogens (tertiary/aromatic N) is 2. The van der Waals surface area contributed by atoms with Crippen molar-refractivity contribution < 1.29 is 38.1 Å². The summed E-state index contributed by atoms with van der Waals surface area (Å²) in [4.78, 5) is 47.9. The minimum absolute atomic E-state index is 0.0344. The van der Waals surface area contributed by atoms with E-state index in [0.29, 0.717) is 0 Å². The minimum atomic E-state index is -0.713. The molecule has 0 aromatic rings. The van der Waals surface area contributed by atoms with Gasteiger partial charge in [-0.25, -0.2) is 9.59 Å². The quantitative estimate of drug-likeness (QED) is 0.177. The molecule has 0 bridgehead atoms. The van der Waals surface area contributed by atoms with Gasteiger partial charge < -0.3 is 23.8 Å². The van der Waals surface area contributed by atoms with Crippen LogP contribution in [0, 0.1) is 0 Å². The van der Waals surface area contributed by atoms with Crippen LogP contribution >= 0.6 is 0 Å². The molecule has 10 nitrogen and oxygen atoms in total. The first-order valence-electron chi connectivity index (χ1n) is 7.78. The van der Waals surface area contributed by atoms with E-state index in [4.69, 9.17) is 9.47 Å². The third-order valence-electron chi connectivity index (χ3n) is 3.15. The van der Waals surface area contributed by atoms with Crippen molar-refractivity contribution in [2.45, 2.75) is 0 Å². The van der Waals surface area contributed by atoms with Gasteiger partial charge in [0.05, 0.1) is 19.7 Å². The van der Waals surface area contributed by atoms with Crippen molar-refractivity contribution in [3.8, 4) is 0 Å². The molecule has 2 fully saturated rings. The van der Waals surface area contributed by atoms with Crippen molar-refractivity contribution in [3.63, 3.8) is 0 Å². The molecular weight excluding hydrogens is 360 g/mol. The number of ether oxygens (including phenoxy) is 4. The molecule has 0 unspecified atom stereocenters. The van der Waals surface area contributed by atoms with Gasteiger partial charge in [-0.05, 0) is 18.0 Å². The minimum Gasteiger partial charge on any atom is -0.470 e. The van der Waals surface area contributed by atoms with E-state index in [2.05, 4.69) is 39.0 Å². The summed E-state index contributed by atoms with van der Waals surface area (Å²) in [7, 11) is 0. The third kappa shape index (κ3) is 6.82. The SMILES string of the molecule is C=C=C=C=C=C(OCCOCN1CC(=O)OC(=O)C1)N1CC(=O)OC(=O)C1. The molecule has 0 aromatic heterocycles. The highest BCUT2D eigenvalue weighted by Gasteiger charge is 2.27. The molecular formula is C17H16N2O8. The van der Waals surface area contributed by atoms with Crippen LogP contribution in [0.15, 0.2) is 35.4 Å². The maximum atomic E-state index is 11.4. The lowest BCUT2D eigenvalue weighted by Gasteiger charge is -2.27. The molecule has 10 heteroatoms. The first kappa shape index (κ1) is 20.0. The van der Waals surface area contributed by atoms with Crippen molar-refractivity contribution in [1.29, 1.82) is 0 Å². The predicted molar refractivity (Wildman–Crippen MR) is 85.3 cm³/mol.